The van der Waals surface area contributed by atoms with Gasteiger partial charge in [-0.1, -0.05) is 202 Å². The van der Waals surface area contributed by atoms with Gasteiger partial charge in [-0.3, -0.25) is 14.4 Å². The third-order valence-corrected chi connectivity index (χ3v) is 10.3. The Morgan fingerprint density at radius 3 is 1.12 bits per heavy atom. The molecule has 0 N–H and O–H groups in total. The molecule has 6 nitrogen and oxygen atoms in total. The van der Waals surface area contributed by atoms with Gasteiger partial charge in [-0.25, -0.2) is 0 Å². The van der Waals surface area contributed by atoms with Gasteiger partial charge >= 0.3 is 17.9 Å². The fraction of sp³-hybridized carbons (Fsp3) is 0.933. The second-order valence-electron chi connectivity index (χ2n) is 16.1. The van der Waals surface area contributed by atoms with Crippen molar-refractivity contribution in [1.82, 2.24) is 0 Å². The van der Waals surface area contributed by atoms with Crippen LogP contribution in [0.4, 0.5) is 0 Å². The van der Waals surface area contributed by atoms with Crippen molar-refractivity contribution in [2.24, 2.45) is 11.8 Å². The predicted molar refractivity (Wildman–Crippen MR) is 215 cm³/mol. The molecule has 0 heterocycles. The summed E-state index contributed by atoms with van der Waals surface area (Å²) in [6.45, 7) is 11.3. The summed E-state index contributed by atoms with van der Waals surface area (Å²) in [7, 11) is 0. The zero-order chi connectivity index (χ0) is 37.6. The molecule has 0 radical (unpaired) electrons. The molecule has 0 rings (SSSR count). The van der Waals surface area contributed by atoms with E-state index < -0.39 is 6.10 Å². The van der Waals surface area contributed by atoms with Crippen LogP contribution in [0.3, 0.4) is 0 Å². The lowest BCUT2D eigenvalue weighted by molar-refractivity contribution is -0.167. The van der Waals surface area contributed by atoms with Crippen molar-refractivity contribution < 1.29 is 28.6 Å². The summed E-state index contributed by atoms with van der Waals surface area (Å²) < 4.78 is 16.6. The Bertz CT molecular complexity index is 781. The molecular weight excluding hydrogens is 636 g/mol. The summed E-state index contributed by atoms with van der Waals surface area (Å²) in [4.78, 5) is 37.5. The van der Waals surface area contributed by atoms with Crippen LogP contribution in [0.15, 0.2) is 0 Å². The highest BCUT2D eigenvalue weighted by Gasteiger charge is 2.19. The summed E-state index contributed by atoms with van der Waals surface area (Å²) in [5, 5.41) is 0. The van der Waals surface area contributed by atoms with Crippen LogP contribution in [-0.2, 0) is 28.6 Å². The molecule has 0 saturated heterocycles. The van der Waals surface area contributed by atoms with Gasteiger partial charge in [0.25, 0.3) is 0 Å². The van der Waals surface area contributed by atoms with E-state index in [0.717, 1.165) is 69.6 Å². The number of rotatable bonds is 39. The minimum absolute atomic E-state index is 0.0663. The highest BCUT2D eigenvalue weighted by Crippen LogP contribution is 2.17. The molecule has 302 valence electrons. The van der Waals surface area contributed by atoms with E-state index in [1.54, 1.807) is 0 Å². The molecule has 0 aliphatic heterocycles. The average Bonchev–Trinajstić information content (AvgIpc) is 3.11. The summed E-state index contributed by atoms with van der Waals surface area (Å²) in [6.07, 6.45) is 35.3. The minimum Gasteiger partial charge on any atom is -0.462 e. The summed E-state index contributed by atoms with van der Waals surface area (Å²) in [5.41, 5.74) is 0. The number of hydrogen-bond donors (Lipinski definition) is 0. The first kappa shape index (κ1) is 49.4. The van der Waals surface area contributed by atoms with Gasteiger partial charge in [-0.2, -0.15) is 0 Å². The monoisotopic (exact) mass is 723 g/mol. The fourth-order valence-electron chi connectivity index (χ4n) is 6.54. The van der Waals surface area contributed by atoms with Crippen molar-refractivity contribution >= 4 is 17.9 Å². The van der Waals surface area contributed by atoms with Crippen LogP contribution >= 0.6 is 0 Å². The van der Waals surface area contributed by atoms with E-state index in [4.69, 9.17) is 14.2 Å². The van der Waals surface area contributed by atoms with Crippen molar-refractivity contribution in [3.05, 3.63) is 0 Å². The SMILES string of the molecule is CCCCCCCCCC(=O)OC[C@H](COC(=O)CCCCCCCCC(C)CC)OC(=O)CCCCCCCCCCCCCCCC(C)C. The Balaban J connectivity index is 4.27. The van der Waals surface area contributed by atoms with Gasteiger partial charge in [0.1, 0.15) is 13.2 Å². The van der Waals surface area contributed by atoms with Gasteiger partial charge in [0.05, 0.1) is 0 Å². The molecule has 2 atom stereocenters. The maximum absolute atomic E-state index is 12.7. The van der Waals surface area contributed by atoms with Gasteiger partial charge in [-0.05, 0) is 31.1 Å². The largest absolute Gasteiger partial charge is 0.462 e. The van der Waals surface area contributed by atoms with Crippen molar-refractivity contribution in [2.75, 3.05) is 13.2 Å². The van der Waals surface area contributed by atoms with Gasteiger partial charge < -0.3 is 14.2 Å². The fourth-order valence-corrected chi connectivity index (χ4v) is 6.54. The van der Waals surface area contributed by atoms with Crippen LogP contribution in [0, 0.1) is 11.8 Å². The normalized spacial score (nSPS) is 12.6. The third-order valence-electron chi connectivity index (χ3n) is 10.3. The summed E-state index contributed by atoms with van der Waals surface area (Å²) in [5.74, 6) is 0.785. The number of unbranched alkanes of at least 4 members (excludes halogenated alkanes) is 23. The lowest BCUT2D eigenvalue weighted by Crippen LogP contribution is -2.30. The van der Waals surface area contributed by atoms with Crippen LogP contribution in [0.5, 0.6) is 0 Å². The van der Waals surface area contributed by atoms with Gasteiger partial charge in [0.15, 0.2) is 6.10 Å². The van der Waals surface area contributed by atoms with E-state index in [1.807, 2.05) is 0 Å². The average molecular weight is 723 g/mol. The molecule has 0 amide bonds. The first-order valence-corrected chi connectivity index (χ1v) is 22.3. The minimum atomic E-state index is -0.759. The maximum atomic E-state index is 12.7. The molecule has 0 spiro atoms. The van der Waals surface area contributed by atoms with E-state index >= 15 is 0 Å². The third kappa shape index (κ3) is 38.0. The second kappa shape index (κ2) is 38.1. The van der Waals surface area contributed by atoms with Gasteiger partial charge in [0, 0.05) is 19.3 Å². The van der Waals surface area contributed by atoms with Crippen LogP contribution in [0.1, 0.15) is 240 Å². The molecule has 0 bridgehead atoms. The quantitative estimate of drug-likeness (QED) is 0.0357. The van der Waals surface area contributed by atoms with E-state index in [1.165, 1.54) is 128 Å². The first-order valence-electron chi connectivity index (χ1n) is 22.3. The Morgan fingerprint density at radius 1 is 0.412 bits per heavy atom. The van der Waals surface area contributed by atoms with Crippen LogP contribution < -0.4 is 0 Å². The number of ether oxygens (including phenoxy) is 3. The lowest BCUT2D eigenvalue weighted by atomic mass is 10.00. The second-order valence-corrected chi connectivity index (χ2v) is 16.1. The molecule has 0 aromatic carbocycles. The molecule has 0 aliphatic carbocycles. The molecule has 0 fully saturated rings. The Morgan fingerprint density at radius 2 is 0.745 bits per heavy atom. The van der Waals surface area contributed by atoms with E-state index in [9.17, 15) is 14.4 Å². The van der Waals surface area contributed by atoms with Gasteiger partial charge in [-0.15, -0.1) is 0 Å². The van der Waals surface area contributed by atoms with Crippen molar-refractivity contribution in [3.8, 4) is 0 Å². The smallest absolute Gasteiger partial charge is 0.306 e. The number of hydrogen-bond acceptors (Lipinski definition) is 6. The standard InChI is InChI=1S/C45H86O6/c1-6-8-9-10-18-25-30-35-43(46)49-38-42(39-50-44(47)36-31-26-22-21-24-29-34-41(5)7-2)51-45(48)37-32-27-20-17-15-13-11-12-14-16-19-23-28-33-40(3)4/h40-42H,6-39H2,1-5H3/t41?,42-/m1/s1. The Hall–Kier alpha value is -1.59. The molecule has 0 saturated carbocycles. The topological polar surface area (TPSA) is 78.9 Å². The molecule has 0 aromatic rings. The zero-order valence-corrected chi connectivity index (χ0v) is 34.7. The Kier molecular flexibility index (Phi) is 37.0. The molecular formula is C45H86O6. The summed E-state index contributed by atoms with van der Waals surface area (Å²) >= 11 is 0. The molecule has 6 heteroatoms. The van der Waals surface area contributed by atoms with Crippen LogP contribution in [0.2, 0.25) is 0 Å². The van der Waals surface area contributed by atoms with Crippen LogP contribution in [0.25, 0.3) is 0 Å². The number of carbonyl (C=O) groups excluding carboxylic acids is 3. The van der Waals surface area contributed by atoms with Crippen molar-refractivity contribution in [3.63, 3.8) is 0 Å². The molecule has 0 aromatic heterocycles. The van der Waals surface area contributed by atoms with Gasteiger partial charge in [0.2, 0.25) is 0 Å². The van der Waals surface area contributed by atoms with Crippen molar-refractivity contribution in [1.29, 1.82) is 0 Å². The highest BCUT2D eigenvalue weighted by molar-refractivity contribution is 5.71. The zero-order valence-electron chi connectivity index (χ0n) is 34.7. The predicted octanol–water partition coefficient (Wildman–Crippen LogP) is 13.8. The molecule has 51 heavy (non-hydrogen) atoms. The van der Waals surface area contributed by atoms with E-state index in [0.29, 0.717) is 19.3 Å². The first-order chi connectivity index (χ1) is 24.8. The number of esters is 3. The maximum Gasteiger partial charge on any atom is 0.306 e. The van der Waals surface area contributed by atoms with E-state index in [-0.39, 0.29) is 31.1 Å². The lowest BCUT2D eigenvalue weighted by Gasteiger charge is -2.18. The van der Waals surface area contributed by atoms with E-state index in [2.05, 4.69) is 34.6 Å². The van der Waals surface area contributed by atoms with Crippen molar-refractivity contribution in [2.45, 2.75) is 246 Å². The number of carbonyl (C=O) groups is 3. The van der Waals surface area contributed by atoms with Crippen LogP contribution in [-0.4, -0.2) is 37.2 Å². The molecule has 0 aliphatic rings. The summed E-state index contributed by atoms with van der Waals surface area (Å²) in [6, 6.07) is 0. The molecule has 1 unspecified atom stereocenters. The highest BCUT2D eigenvalue weighted by atomic mass is 16.6. The Labute approximate surface area is 317 Å².